The molecule has 0 spiro atoms. The van der Waals surface area contributed by atoms with Crippen molar-refractivity contribution < 1.29 is 9.18 Å². The van der Waals surface area contributed by atoms with Crippen molar-refractivity contribution in [2.75, 3.05) is 11.9 Å². The first-order valence-electron chi connectivity index (χ1n) is 12.5. The number of hydrogen-bond donors (Lipinski definition) is 2. The van der Waals surface area contributed by atoms with E-state index in [4.69, 9.17) is 12.2 Å². The Morgan fingerprint density at radius 3 is 2.55 bits per heavy atom. The SMILES string of the molecule is Cc1ccnc(-n2c(C)cc([C@@H]3[C@H](c4ccccn4)NC(=S)N3CCC(=O)Nc3ccc(F)cc3)c2C)c1. The molecule has 1 amide bonds. The number of nitrogens with zero attached hydrogens (tertiary/aromatic N) is 4. The van der Waals surface area contributed by atoms with Crippen LogP contribution in [0.1, 0.15) is 46.7 Å². The zero-order valence-electron chi connectivity index (χ0n) is 21.5. The van der Waals surface area contributed by atoms with Crippen LogP contribution in [0.5, 0.6) is 0 Å². The normalized spacial score (nSPS) is 16.9. The molecule has 0 aliphatic carbocycles. The second kappa shape index (κ2) is 10.7. The molecule has 2 N–H and O–H groups in total. The third kappa shape index (κ3) is 5.15. The number of aromatic nitrogens is 3. The maximum Gasteiger partial charge on any atom is 0.226 e. The van der Waals surface area contributed by atoms with Crippen LogP contribution in [-0.4, -0.2) is 37.0 Å². The molecule has 1 aliphatic heterocycles. The molecule has 194 valence electrons. The third-order valence-electron chi connectivity index (χ3n) is 6.82. The minimum Gasteiger partial charge on any atom is -0.352 e. The van der Waals surface area contributed by atoms with Crippen molar-refractivity contribution in [2.45, 2.75) is 39.3 Å². The summed E-state index contributed by atoms with van der Waals surface area (Å²) in [5.41, 5.74) is 5.76. The van der Waals surface area contributed by atoms with Gasteiger partial charge >= 0.3 is 0 Å². The Morgan fingerprint density at radius 2 is 1.84 bits per heavy atom. The monoisotopic (exact) mass is 528 g/mol. The van der Waals surface area contributed by atoms with Gasteiger partial charge < -0.3 is 20.1 Å². The first-order valence-corrected chi connectivity index (χ1v) is 12.9. The summed E-state index contributed by atoms with van der Waals surface area (Å²) in [6, 6.07) is 17.4. The predicted molar refractivity (Wildman–Crippen MR) is 150 cm³/mol. The fraction of sp³-hybridized carbons (Fsp3) is 0.241. The smallest absolute Gasteiger partial charge is 0.226 e. The molecule has 1 aliphatic rings. The van der Waals surface area contributed by atoms with Crippen LogP contribution >= 0.6 is 12.2 Å². The van der Waals surface area contributed by atoms with E-state index < -0.39 is 0 Å². The van der Waals surface area contributed by atoms with Gasteiger partial charge in [-0.15, -0.1) is 0 Å². The highest BCUT2D eigenvalue weighted by Crippen LogP contribution is 2.41. The van der Waals surface area contributed by atoms with E-state index in [9.17, 15) is 9.18 Å². The van der Waals surface area contributed by atoms with Gasteiger partial charge in [0, 0.05) is 42.4 Å². The lowest BCUT2D eigenvalue weighted by Crippen LogP contribution is -2.32. The summed E-state index contributed by atoms with van der Waals surface area (Å²) in [7, 11) is 0. The van der Waals surface area contributed by atoms with E-state index in [0.29, 0.717) is 17.3 Å². The number of nitrogens with one attached hydrogen (secondary N) is 2. The van der Waals surface area contributed by atoms with Crippen molar-refractivity contribution in [3.63, 3.8) is 0 Å². The van der Waals surface area contributed by atoms with Crippen LogP contribution in [0.3, 0.4) is 0 Å². The Hall–Kier alpha value is -4.11. The lowest BCUT2D eigenvalue weighted by molar-refractivity contribution is -0.116. The number of halogens is 1. The molecule has 0 radical (unpaired) electrons. The third-order valence-corrected chi connectivity index (χ3v) is 7.18. The molecular formula is C29H29FN6OS. The number of anilines is 1. The number of thiocarbonyl (C=S) groups is 1. The molecule has 38 heavy (non-hydrogen) atoms. The second-order valence-corrected chi connectivity index (χ2v) is 9.87. The molecule has 2 atom stereocenters. The summed E-state index contributed by atoms with van der Waals surface area (Å²) in [6.07, 6.45) is 3.80. The maximum absolute atomic E-state index is 13.2. The molecule has 1 fully saturated rings. The largest absolute Gasteiger partial charge is 0.352 e. The summed E-state index contributed by atoms with van der Waals surface area (Å²) in [5, 5.41) is 6.85. The topological polar surface area (TPSA) is 75.1 Å². The average molecular weight is 529 g/mol. The van der Waals surface area contributed by atoms with Crippen LogP contribution in [0.4, 0.5) is 10.1 Å². The van der Waals surface area contributed by atoms with Gasteiger partial charge in [-0.3, -0.25) is 9.78 Å². The molecule has 1 saturated heterocycles. The Morgan fingerprint density at radius 1 is 1.05 bits per heavy atom. The van der Waals surface area contributed by atoms with Crippen molar-refractivity contribution in [3.8, 4) is 5.82 Å². The first kappa shape index (κ1) is 25.5. The van der Waals surface area contributed by atoms with E-state index in [1.807, 2.05) is 30.5 Å². The number of carbonyl (C=O) groups excluding carboxylic acids is 1. The average Bonchev–Trinajstić information content (AvgIpc) is 3.39. The van der Waals surface area contributed by atoms with Gasteiger partial charge in [0.15, 0.2) is 5.11 Å². The van der Waals surface area contributed by atoms with Crippen molar-refractivity contribution in [1.29, 1.82) is 0 Å². The summed E-state index contributed by atoms with van der Waals surface area (Å²) >= 11 is 5.78. The summed E-state index contributed by atoms with van der Waals surface area (Å²) < 4.78 is 15.4. The molecular weight excluding hydrogens is 499 g/mol. The van der Waals surface area contributed by atoms with Gasteiger partial charge in [0.2, 0.25) is 5.91 Å². The van der Waals surface area contributed by atoms with E-state index >= 15 is 0 Å². The van der Waals surface area contributed by atoms with E-state index in [1.54, 1.807) is 18.3 Å². The van der Waals surface area contributed by atoms with Gasteiger partial charge in [0.05, 0.1) is 17.8 Å². The highest BCUT2D eigenvalue weighted by Gasteiger charge is 2.41. The molecule has 0 saturated carbocycles. The number of carbonyl (C=O) groups is 1. The Kier molecular flexibility index (Phi) is 7.20. The summed E-state index contributed by atoms with van der Waals surface area (Å²) in [4.78, 5) is 24.1. The lowest BCUT2D eigenvalue weighted by Gasteiger charge is -2.28. The molecule has 3 aromatic heterocycles. The molecule has 7 nitrogen and oxygen atoms in total. The molecule has 0 unspecified atom stereocenters. The minimum atomic E-state index is -0.349. The van der Waals surface area contributed by atoms with Crippen LogP contribution in [0.15, 0.2) is 73.1 Å². The van der Waals surface area contributed by atoms with Crippen molar-refractivity contribution in [2.24, 2.45) is 0 Å². The number of hydrogen-bond acceptors (Lipinski definition) is 4. The molecule has 0 bridgehead atoms. The minimum absolute atomic E-state index is 0.172. The standard InChI is InChI=1S/C29H29FN6OS/c1-18-11-14-32-25(16-18)36-19(2)17-23(20(36)3)28-27(24-6-4-5-13-31-24)34-29(38)35(28)15-12-26(37)33-22-9-7-21(30)8-10-22/h4-11,13-14,16-17,27-28H,12,15H2,1-3H3,(H,33,37)(H,34,38)/t27-,28+/m0/s1. The van der Waals surface area contributed by atoms with E-state index in [-0.39, 0.29) is 30.2 Å². The van der Waals surface area contributed by atoms with Gasteiger partial charge in [-0.2, -0.15) is 0 Å². The van der Waals surface area contributed by atoms with E-state index in [2.05, 4.69) is 63.0 Å². The molecule has 9 heteroatoms. The van der Waals surface area contributed by atoms with Crippen LogP contribution in [0.25, 0.3) is 5.82 Å². The van der Waals surface area contributed by atoms with Crippen LogP contribution in [0, 0.1) is 26.6 Å². The molecule has 1 aromatic carbocycles. The van der Waals surface area contributed by atoms with Crippen molar-refractivity contribution in [1.82, 2.24) is 24.8 Å². The zero-order valence-corrected chi connectivity index (χ0v) is 22.3. The van der Waals surface area contributed by atoms with Gasteiger partial charge in [-0.05, 0) is 98.7 Å². The second-order valence-electron chi connectivity index (χ2n) is 9.48. The highest BCUT2D eigenvalue weighted by molar-refractivity contribution is 7.80. The summed E-state index contributed by atoms with van der Waals surface area (Å²) in [6.45, 7) is 6.61. The zero-order chi connectivity index (χ0) is 26.8. The fourth-order valence-electron chi connectivity index (χ4n) is 5.05. The molecule has 4 heterocycles. The van der Waals surface area contributed by atoms with E-state index in [1.165, 1.54) is 12.1 Å². The van der Waals surface area contributed by atoms with Crippen LogP contribution in [-0.2, 0) is 4.79 Å². The van der Waals surface area contributed by atoms with E-state index in [0.717, 1.165) is 34.0 Å². The highest BCUT2D eigenvalue weighted by atomic mass is 32.1. The number of amides is 1. The molecule has 5 rings (SSSR count). The van der Waals surface area contributed by atoms with Crippen molar-refractivity contribution >= 4 is 28.9 Å². The number of benzene rings is 1. The Labute approximate surface area is 226 Å². The van der Waals surface area contributed by atoms with Gasteiger partial charge in [-0.1, -0.05) is 6.07 Å². The maximum atomic E-state index is 13.2. The van der Waals surface area contributed by atoms with Crippen LogP contribution < -0.4 is 10.6 Å². The van der Waals surface area contributed by atoms with Crippen LogP contribution in [0.2, 0.25) is 0 Å². The Bertz CT molecular complexity index is 1470. The molecule has 4 aromatic rings. The predicted octanol–water partition coefficient (Wildman–Crippen LogP) is 5.33. The van der Waals surface area contributed by atoms with Gasteiger partial charge in [-0.25, -0.2) is 9.37 Å². The quantitative estimate of drug-likeness (QED) is 0.316. The number of rotatable bonds is 7. The lowest BCUT2D eigenvalue weighted by atomic mass is 9.96. The first-order chi connectivity index (χ1) is 18.3. The fourth-order valence-corrected chi connectivity index (χ4v) is 5.38. The Balaban J connectivity index is 1.46. The number of pyridine rings is 2. The van der Waals surface area contributed by atoms with Gasteiger partial charge in [0.25, 0.3) is 0 Å². The number of aryl methyl sites for hydroxylation is 2. The summed E-state index contributed by atoms with van der Waals surface area (Å²) in [5.74, 6) is 0.339. The van der Waals surface area contributed by atoms with Gasteiger partial charge in [0.1, 0.15) is 11.6 Å². The van der Waals surface area contributed by atoms with Crippen molar-refractivity contribution in [3.05, 3.63) is 107 Å².